The van der Waals surface area contributed by atoms with E-state index < -0.39 is 10.7 Å². The molecule has 1 aromatic heterocycles. The SMILES string of the molecule is Cc1cc(C)c(-c2cc([N+](=O)[O-])cc(Cl)n2)c(F)c1. The summed E-state index contributed by atoms with van der Waals surface area (Å²) in [6.45, 7) is 3.49. The van der Waals surface area contributed by atoms with Gasteiger partial charge in [-0.1, -0.05) is 17.7 Å². The predicted octanol–water partition coefficient (Wildman–Crippen LogP) is 4.07. The standard InChI is InChI=1S/C13H10ClFN2O2/c1-7-3-8(2)13(10(15)4-7)11-5-9(17(18)19)6-12(14)16-11/h3-6H,1-2H3. The first-order valence-corrected chi connectivity index (χ1v) is 5.85. The first-order chi connectivity index (χ1) is 8.88. The van der Waals surface area contributed by atoms with Crippen LogP contribution >= 0.6 is 11.6 Å². The minimum Gasteiger partial charge on any atom is -0.258 e. The van der Waals surface area contributed by atoms with Crippen LogP contribution in [-0.2, 0) is 0 Å². The molecule has 19 heavy (non-hydrogen) atoms. The van der Waals surface area contributed by atoms with Crippen molar-refractivity contribution in [2.75, 3.05) is 0 Å². The summed E-state index contributed by atoms with van der Waals surface area (Å²) >= 11 is 5.74. The van der Waals surface area contributed by atoms with Crippen molar-refractivity contribution in [1.82, 2.24) is 4.98 Å². The number of hydrogen-bond acceptors (Lipinski definition) is 3. The normalized spacial score (nSPS) is 10.5. The minimum atomic E-state index is -0.585. The van der Waals surface area contributed by atoms with Gasteiger partial charge in [0.05, 0.1) is 16.7 Å². The first kappa shape index (κ1) is 13.4. The van der Waals surface area contributed by atoms with Gasteiger partial charge in [-0.15, -0.1) is 0 Å². The number of nitrogens with zero attached hydrogens (tertiary/aromatic N) is 2. The molecule has 0 fully saturated rings. The average Bonchev–Trinajstić information content (AvgIpc) is 2.26. The summed E-state index contributed by atoms with van der Waals surface area (Å²) in [6.07, 6.45) is 0. The highest BCUT2D eigenvalue weighted by Gasteiger charge is 2.16. The van der Waals surface area contributed by atoms with Crippen LogP contribution in [0.3, 0.4) is 0 Å². The van der Waals surface area contributed by atoms with Crippen molar-refractivity contribution in [1.29, 1.82) is 0 Å². The van der Waals surface area contributed by atoms with E-state index >= 15 is 0 Å². The number of aryl methyl sites for hydroxylation is 2. The van der Waals surface area contributed by atoms with Crippen molar-refractivity contribution in [3.8, 4) is 11.3 Å². The molecule has 0 atom stereocenters. The molecule has 2 aromatic rings. The largest absolute Gasteiger partial charge is 0.274 e. The smallest absolute Gasteiger partial charge is 0.258 e. The van der Waals surface area contributed by atoms with Gasteiger partial charge in [-0.05, 0) is 31.0 Å². The lowest BCUT2D eigenvalue weighted by atomic mass is 10.0. The van der Waals surface area contributed by atoms with Gasteiger partial charge in [0.15, 0.2) is 0 Å². The van der Waals surface area contributed by atoms with E-state index in [4.69, 9.17) is 11.6 Å². The molecule has 1 heterocycles. The van der Waals surface area contributed by atoms with Crippen molar-refractivity contribution < 1.29 is 9.31 Å². The van der Waals surface area contributed by atoms with Gasteiger partial charge in [0, 0.05) is 11.6 Å². The third-order valence-electron chi connectivity index (χ3n) is 2.68. The van der Waals surface area contributed by atoms with Crippen LogP contribution in [0.25, 0.3) is 11.3 Å². The van der Waals surface area contributed by atoms with Crippen molar-refractivity contribution in [2.45, 2.75) is 13.8 Å². The number of pyridine rings is 1. The van der Waals surface area contributed by atoms with Crippen molar-refractivity contribution in [2.24, 2.45) is 0 Å². The highest BCUT2D eigenvalue weighted by Crippen LogP contribution is 2.30. The van der Waals surface area contributed by atoms with Gasteiger partial charge in [-0.2, -0.15) is 0 Å². The van der Waals surface area contributed by atoms with Gasteiger partial charge < -0.3 is 0 Å². The zero-order chi connectivity index (χ0) is 14.2. The Kier molecular flexibility index (Phi) is 3.48. The van der Waals surface area contributed by atoms with E-state index in [9.17, 15) is 14.5 Å². The molecular formula is C13H10ClFN2O2. The fraction of sp³-hybridized carbons (Fsp3) is 0.154. The van der Waals surface area contributed by atoms with Crippen LogP contribution < -0.4 is 0 Å². The van der Waals surface area contributed by atoms with E-state index in [1.165, 1.54) is 12.1 Å². The summed E-state index contributed by atoms with van der Waals surface area (Å²) in [5.41, 5.74) is 1.61. The third kappa shape index (κ3) is 2.71. The molecule has 0 radical (unpaired) electrons. The molecule has 0 saturated heterocycles. The molecule has 0 unspecified atom stereocenters. The molecule has 0 amide bonds. The highest BCUT2D eigenvalue weighted by molar-refractivity contribution is 6.29. The Morgan fingerprint density at radius 2 is 1.95 bits per heavy atom. The number of benzene rings is 1. The molecule has 0 aliphatic rings. The fourth-order valence-electron chi connectivity index (χ4n) is 1.96. The quantitative estimate of drug-likeness (QED) is 0.473. The maximum Gasteiger partial charge on any atom is 0.274 e. The Morgan fingerprint density at radius 1 is 1.26 bits per heavy atom. The zero-order valence-electron chi connectivity index (χ0n) is 10.3. The number of halogens is 2. The lowest BCUT2D eigenvalue weighted by Gasteiger charge is -2.08. The Balaban J connectivity index is 2.69. The second kappa shape index (κ2) is 4.93. The average molecular weight is 281 g/mol. The predicted molar refractivity (Wildman–Crippen MR) is 70.8 cm³/mol. The van der Waals surface area contributed by atoms with Crippen LogP contribution in [0.4, 0.5) is 10.1 Å². The lowest BCUT2D eigenvalue weighted by molar-refractivity contribution is -0.384. The molecule has 0 aliphatic heterocycles. The molecule has 6 heteroatoms. The third-order valence-corrected chi connectivity index (χ3v) is 2.87. The second-order valence-corrected chi connectivity index (χ2v) is 4.62. The van der Waals surface area contributed by atoms with Crippen molar-refractivity contribution in [3.05, 3.63) is 56.5 Å². The van der Waals surface area contributed by atoms with Gasteiger partial charge in [-0.25, -0.2) is 9.37 Å². The van der Waals surface area contributed by atoms with Gasteiger partial charge in [0.1, 0.15) is 11.0 Å². The Hall–Kier alpha value is -2.01. The van der Waals surface area contributed by atoms with Gasteiger partial charge >= 0.3 is 0 Å². The molecule has 0 spiro atoms. The molecule has 2 rings (SSSR count). The summed E-state index contributed by atoms with van der Waals surface area (Å²) in [6, 6.07) is 5.49. The second-order valence-electron chi connectivity index (χ2n) is 4.23. The van der Waals surface area contributed by atoms with Crippen LogP contribution in [0.1, 0.15) is 11.1 Å². The topological polar surface area (TPSA) is 56.0 Å². The van der Waals surface area contributed by atoms with E-state index in [1.54, 1.807) is 19.9 Å². The van der Waals surface area contributed by atoms with Crippen LogP contribution in [0.5, 0.6) is 0 Å². The van der Waals surface area contributed by atoms with Crippen LogP contribution in [0.15, 0.2) is 24.3 Å². The summed E-state index contributed by atoms with van der Waals surface area (Å²) in [4.78, 5) is 14.2. The van der Waals surface area contributed by atoms with Crippen molar-refractivity contribution >= 4 is 17.3 Å². The van der Waals surface area contributed by atoms with Gasteiger partial charge in [-0.3, -0.25) is 10.1 Å². The molecular weight excluding hydrogens is 271 g/mol. The number of aromatic nitrogens is 1. The van der Waals surface area contributed by atoms with Crippen LogP contribution in [-0.4, -0.2) is 9.91 Å². The molecule has 0 N–H and O–H groups in total. The van der Waals surface area contributed by atoms with Gasteiger partial charge in [0.2, 0.25) is 0 Å². The van der Waals surface area contributed by atoms with Crippen molar-refractivity contribution in [3.63, 3.8) is 0 Å². The minimum absolute atomic E-state index is 0.0384. The molecule has 0 aliphatic carbocycles. The van der Waals surface area contributed by atoms with E-state index in [-0.39, 0.29) is 22.1 Å². The molecule has 1 aromatic carbocycles. The fourth-order valence-corrected chi connectivity index (χ4v) is 2.16. The number of hydrogen-bond donors (Lipinski definition) is 0. The summed E-state index contributed by atoms with van der Waals surface area (Å²) in [5.74, 6) is -0.471. The number of nitro groups is 1. The maximum absolute atomic E-state index is 14.0. The van der Waals surface area contributed by atoms with E-state index in [0.717, 1.165) is 11.6 Å². The Labute approximate surface area is 114 Å². The molecule has 4 nitrogen and oxygen atoms in total. The first-order valence-electron chi connectivity index (χ1n) is 5.47. The molecule has 0 bridgehead atoms. The maximum atomic E-state index is 14.0. The summed E-state index contributed by atoms with van der Waals surface area (Å²) in [5, 5.41) is 10.7. The molecule has 98 valence electrons. The lowest BCUT2D eigenvalue weighted by Crippen LogP contribution is -1.96. The monoisotopic (exact) mass is 280 g/mol. The molecule has 0 saturated carbocycles. The van der Waals surface area contributed by atoms with E-state index in [1.807, 2.05) is 0 Å². The van der Waals surface area contributed by atoms with E-state index in [0.29, 0.717) is 5.56 Å². The van der Waals surface area contributed by atoms with Crippen LogP contribution in [0.2, 0.25) is 5.15 Å². The van der Waals surface area contributed by atoms with Gasteiger partial charge in [0.25, 0.3) is 5.69 Å². The summed E-state index contributed by atoms with van der Waals surface area (Å²) < 4.78 is 14.0. The van der Waals surface area contributed by atoms with E-state index in [2.05, 4.69) is 4.98 Å². The Bertz CT molecular complexity index is 651. The van der Waals surface area contributed by atoms with Crippen LogP contribution in [0, 0.1) is 29.8 Å². The zero-order valence-corrected chi connectivity index (χ0v) is 11.0. The Morgan fingerprint density at radius 3 is 2.53 bits per heavy atom. The number of rotatable bonds is 2. The summed E-state index contributed by atoms with van der Waals surface area (Å²) in [7, 11) is 0. The highest BCUT2D eigenvalue weighted by atomic mass is 35.5.